The van der Waals surface area contributed by atoms with Gasteiger partial charge in [-0.15, -0.1) is 0 Å². The molecule has 5 nitrogen and oxygen atoms in total. The third-order valence-corrected chi connectivity index (χ3v) is 3.59. The molecule has 98 valence electrons. The summed E-state index contributed by atoms with van der Waals surface area (Å²) in [6, 6.07) is 0. The molecule has 0 amide bonds. The summed E-state index contributed by atoms with van der Waals surface area (Å²) >= 11 is 0. The van der Waals surface area contributed by atoms with E-state index in [2.05, 4.69) is 4.90 Å². The molecule has 2 aliphatic rings. The molecule has 1 atom stereocenters. The quantitative estimate of drug-likeness (QED) is 0.786. The number of rotatable bonds is 3. The fourth-order valence-electron chi connectivity index (χ4n) is 2.65. The van der Waals surface area contributed by atoms with Crippen molar-refractivity contribution < 1.29 is 19.4 Å². The number of morpholine rings is 1. The molecule has 0 spiro atoms. The Kier molecular flexibility index (Phi) is 3.43. The van der Waals surface area contributed by atoms with Crippen molar-refractivity contribution in [2.75, 3.05) is 39.5 Å². The molecule has 0 radical (unpaired) electrons. The lowest BCUT2D eigenvalue weighted by atomic mass is 9.86. The zero-order valence-corrected chi connectivity index (χ0v) is 10.6. The highest BCUT2D eigenvalue weighted by atomic mass is 16.5. The molecule has 0 saturated carbocycles. The molecule has 2 heterocycles. The Labute approximate surface area is 102 Å². The summed E-state index contributed by atoms with van der Waals surface area (Å²) < 4.78 is 10.9. The van der Waals surface area contributed by atoms with E-state index in [9.17, 15) is 9.90 Å². The van der Waals surface area contributed by atoms with Gasteiger partial charge in [-0.3, -0.25) is 9.69 Å². The molecule has 0 aromatic heterocycles. The minimum atomic E-state index is -0.737. The summed E-state index contributed by atoms with van der Waals surface area (Å²) in [4.78, 5) is 13.6. The van der Waals surface area contributed by atoms with Gasteiger partial charge in [-0.2, -0.15) is 0 Å². The number of carboxylic acids is 1. The molecule has 0 aromatic rings. The molecule has 0 aliphatic carbocycles. The Morgan fingerprint density at radius 1 is 1.41 bits per heavy atom. The fraction of sp³-hybridized carbons (Fsp3) is 0.917. The van der Waals surface area contributed by atoms with E-state index < -0.39 is 11.4 Å². The molecule has 2 rings (SSSR count). The third kappa shape index (κ3) is 2.78. The van der Waals surface area contributed by atoms with E-state index in [0.717, 1.165) is 13.1 Å². The maximum atomic E-state index is 11.4. The van der Waals surface area contributed by atoms with Crippen molar-refractivity contribution in [3.63, 3.8) is 0 Å². The summed E-state index contributed by atoms with van der Waals surface area (Å²) in [6.45, 7) is 7.79. The second kappa shape index (κ2) is 4.55. The second-order valence-electron chi connectivity index (χ2n) is 5.71. The predicted molar refractivity (Wildman–Crippen MR) is 62.0 cm³/mol. The summed E-state index contributed by atoms with van der Waals surface area (Å²) in [5.41, 5.74) is -0.898. The van der Waals surface area contributed by atoms with Gasteiger partial charge in [0.2, 0.25) is 0 Å². The van der Waals surface area contributed by atoms with Crippen LogP contribution in [0.15, 0.2) is 0 Å². The molecule has 1 unspecified atom stereocenters. The molecule has 5 heteroatoms. The monoisotopic (exact) mass is 243 g/mol. The highest BCUT2D eigenvalue weighted by Gasteiger charge is 2.45. The molecule has 17 heavy (non-hydrogen) atoms. The Morgan fingerprint density at radius 2 is 2.18 bits per heavy atom. The lowest BCUT2D eigenvalue weighted by Gasteiger charge is -2.40. The first-order valence-electron chi connectivity index (χ1n) is 6.11. The van der Waals surface area contributed by atoms with Crippen molar-refractivity contribution in [2.45, 2.75) is 25.9 Å². The highest BCUT2D eigenvalue weighted by molar-refractivity contribution is 5.75. The van der Waals surface area contributed by atoms with Crippen LogP contribution < -0.4 is 0 Å². The van der Waals surface area contributed by atoms with Crippen LogP contribution in [0.5, 0.6) is 0 Å². The number of aliphatic carboxylic acids is 1. The lowest BCUT2D eigenvalue weighted by molar-refractivity contribution is -0.153. The van der Waals surface area contributed by atoms with Gasteiger partial charge in [0.05, 0.1) is 18.8 Å². The van der Waals surface area contributed by atoms with E-state index in [1.807, 2.05) is 13.8 Å². The Hall–Kier alpha value is -0.650. The maximum Gasteiger partial charge on any atom is 0.313 e. The number of ether oxygens (including phenoxy) is 2. The van der Waals surface area contributed by atoms with Crippen molar-refractivity contribution in [2.24, 2.45) is 5.41 Å². The van der Waals surface area contributed by atoms with Gasteiger partial charge in [0.25, 0.3) is 0 Å². The summed E-state index contributed by atoms with van der Waals surface area (Å²) in [5, 5.41) is 9.39. The van der Waals surface area contributed by atoms with Crippen LogP contribution in [0.1, 0.15) is 20.3 Å². The van der Waals surface area contributed by atoms with Gasteiger partial charge in [0.1, 0.15) is 5.41 Å². The minimum absolute atomic E-state index is 0.183. The predicted octanol–water partition coefficient (Wildman–Crippen LogP) is 0.589. The van der Waals surface area contributed by atoms with E-state index >= 15 is 0 Å². The molecular weight excluding hydrogens is 222 g/mol. The van der Waals surface area contributed by atoms with Gasteiger partial charge >= 0.3 is 5.97 Å². The maximum absolute atomic E-state index is 11.4. The SMILES string of the molecule is CC1(C)CN(CC2(C(=O)O)CCOC2)CCO1. The van der Waals surface area contributed by atoms with E-state index in [-0.39, 0.29) is 5.60 Å². The number of nitrogens with zero attached hydrogens (tertiary/aromatic N) is 1. The van der Waals surface area contributed by atoms with Crippen LogP contribution in [-0.4, -0.2) is 61.0 Å². The fourth-order valence-corrected chi connectivity index (χ4v) is 2.65. The molecule has 2 fully saturated rings. The van der Waals surface area contributed by atoms with E-state index in [4.69, 9.17) is 9.47 Å². The van der Waals surface area contributed by atoms with Gasteiger partial charge in [-0.05, 0) is 20.3 Å². The molecule has 0 aromatic carbocycles. The van der Waals surface area contributed by atoms with Gasteiger partial charge < -0.3 is 14.6 Å². The van der Waals surface area contributed by atoms with Gasteiger partial charge in [0.15, 0.2) is 0 Å². The smallest absolute Gasteiger partial charge is 0.313 e. The van der Waals surface area contributed by atoms with Crippen LogP contribution in [-0.2, 0) is 14.3 Å². The summed E-state index contributed by atoms with van der Waals surface area (Å²) in [7, 11) is 0. The Bertz CT molecular complexity index is 297. The van der Waals surface area contributed by atoms with Gasteiger partial charge in [0, 0.05) is 26.2 Å². The largest absolute Gasteiger partial charge is 0.481 e. The van der Waals surface area contributed by atoms with Crippen LogP contribution in [0, 0.1) is 5.41 Å². The average molecular weight is 243 g/mol. The zero-order chi connectivity index (χ0) is 12.5. The highest BCUT2D eigenvalue weighted by Crippen LogP contribution is 2.31. The van der Waals surface area contributed by atoms with Crippen LogP contribution in [0.3, 0.4) is 0 Å². The lowest BCUT2D eigenvalue weighted by Crippen LogP contribution is -2.53. The van der Waals surface area contributed by atoms with Crippen molar-refractivity contribution >= 4 is 5.97 Å². The first-order valence-corrected chi connectivity index (χ1v) is 6.11. The summed E-state index contributed by atoms with van der Waals surface area (Å²) in [5.74, 6) is -0.737. The van der Waals surface area contributed by atoms with Crippen LogP contribution in [0.4, 0.5) is 0 Å². The number of carboxylic acid groups (broad SMARTS) is 1. The molecule has 2 aliphatic heterocycles. The number of hydrogen-bond donors (Lipinski definition) is 1. The van der Waals surface area contributed by atoms with Crippen molar-refractivity contribution in [3.05, 3.63) is 0 Å². The van der Waals surface area contributed by atoms with E-state index in [1.54, 1.807) is 0 Å². The van der Waals surface area contributed by atoms with Gasteiger partial charge in [-0.25, -0.2) is 0 Å². The molecular formula is C12H21NO4. The number of hydrogen-bond acceptors (Lipinski definition) is 4. The normalized spacial score (nSPS) is 33.8. The molecule has 1 N–H and O–H groups in total. The van der Waals surface area contributed by atoms with Crippen LogP contribution >= 0.6 is 0 Å². The van der Waals surface area contributed by atoms with Crippen LogP contribution in [0.2, 0.25) is 0 Å². The van der Waals surface area contributed by atoms with Crippen molar-refractivity contribution in [1.82, 2.24) is 4.90 Å². The molecule has 2 saturated heterocycles. The summed E-state index contributed by atoms with van der Waals surface area (Å²) in [6.07, 6.45) is 0.611. The second-order valence-corrected chi connectivity index (χ2v) is 5.71. The standard InChI is InChI=1S/C12H21NO4/c1-11(2)7-13(4-6-17-11)8-12(10(14)15)3-5-16-9-12/h3-9H2,1-2H3,(H,14,15). The topological polar surface area (TPSA) is 59.0 Å². The first-order chi connectivity index (χ1) is 7.94. The minimum Gasteiger partial charge on any atom is -0.481 e. The average Bonchev–Trinajstić information content (AvgIpc) is 2.66. The van der Waals surface area contributed by atoms with Crippen LogP contribution in [0.25, 0.3) is 0 Å². The zero-order valence-electron chi connectivity index (χ0n) is 10.6. The molecule has 0 bridgehead atoms. The van der Waals surface area contributed by atoms with Gasteiger partial charge in [-0.1, -0.05) is 0 Å². The van der Waals surface area contributed by atoms with Crippen molar-refractivity contribution in [3.8, 4) is 0 Å². The van der Waals surface area contributed by atoms with E-state index in [0.29, 0.717) is 32.8 Å². The Morgan fingerprint density at radius 3 is 2.71 bits per heavy atom. The van der Waals surface area contributed by atoms with Crippen molar-refractivity contribution in [1.29, 1.82) is 0 Å². The Balaban J connectivity index is 2.01. The number of carbonyl (C=O) groups is 1. The van der Waals surface area contributed by atoms with E-state index in [1.165, 1.54) is 0 Å². The first kappa shape index (κ1) is 12.8. The third-order valence-electron chi connectivity index (χ3n) is 3.59.